The normalized spacial score (nSPS) is 16.0. The van der Waals surface area contributed by atoms with E-state index in [1.165, 1.54) is 6.07 Å². The fourth-order valence-electron chi connectivity index (χ4n) is 3.19. The van der Waals surface area contributed by atoms with E-state index in [-0.39, 0.29) is 5.91 Å². The van der Waals surface area contributed by atoms with Gasteiger partial charge in [-0.05, 0) is 44.2 Å². The summed E-state index contributed by atoms with van der Waals surface area (Å²) < 4.78 is 44.4. The maximum atomic E-state index is 12.9. The Labute approximate surface area is 162 Å². The highest BCUT2D eigenvalue weighted by molar-refractivity contribution is 5.81. The van der Waals surface area contributed by atoms with Gasteiger partial charge in [-0.3, -0.25) is 4.79 Å². The lowest BCUT2D eigenvalue weighted by atomic mass is 10.1. The molecule has 0 N–H and O–H groups in total. The van der Waals surface area contributed by atoms with Gasteiger partial charge in [0.25, 0.3) is 5.91 Å². The number of piperazine rings is 1. The predicted octanol–water partition coefficient (Wildman–Crippen LogP) is 4.13. The Kier molecular flexibility index (Phi) is 5.82. The molecule has 1 aliphatic heterocycles. The number of alkyl halides is 3. The number of hydrogen-bond donors (Lipinski definition) is 0. The number of carbonyl (C=O) groups is 1. The van der Waals surface area contributed by atoms with Crippen molar-refractivity contribution in [1.29, 1.82) is 0 Å². The number of ether oxygens (including phenoxy) is 1. The van der Waals surface area contributed by atoms with Crippen LogP contribution in [0.2, 0.25) is 0 Å². The van der Waals surface area contributed by atoms with Gasteiger partial charge in [-0.2, -0.15) is 13.2 Å². The zero-order chi connectivity index (χ0) is 20.3. The number of rotatable bonds is 4. The molecule has 1 fully saturated rings. The van der Waals surface area contributed by atoms with E-state index in [1.807, 2.05) is 36.1 Å². The van der Waals surface area contributed by atoms with Crippen molar-refractivity contribution in [2.45, 2.75) is 26.1 Å². The summed E-state index contributed by atoms with van der Waals surface area (Å²) in [5, 5.41) is 0. The van der Waals surface area contributed by atoms with Crippen molar-refractivity contribution in [2.24, 2.45) is 0 Å². The molecule has 1 unspecified atom stereocenters. The first-order chi connectivity index (χ1) is 13.2. The fraction of sp³-hybridized carbons (Fsp3) is 0.381. The molecule has 0 bridgehead atoms. The average molecular weight is 392 g/mol. The van der Waals surface area contributed by atoms with Crippen LogP contribution in [-0.4, -0.2) is 43.1 Å². The number of amides is 1. The van der Waals surface area contributed by atoms with Crippen molar-refractivity contribution in [3.05, 3.63) is 59.7 Å². The lowest BCUT2D eigenvalue weighted by molar-refractivity contribution is -0.138. The summed E-state index contributed by atoms with van der Waals surface area (Å²) >= 11 is 0. The fourth-order valence-corrected chi connectivity index (χ4v) is 3.19. The predicted molar refractivity (Wildman–Crippen MR) is 102 cm³/mol. The van der Waals surface area contributed by atoms with E-state index in [9.17, 15) is 18.0 Å². The van der Waals surface area contributed by atoms with Gasteiger partial charge in [-0.1, -0.05) is 23.8 Å². The second-order valence-electron chi connectivity index (χ2n) is 6.93. The number of aryl methyl sites for hydroxylation is 1. The van der Waals surface area contributed by atoms with Gasteiger partial charge in [0.1, 0.15) is 5.75 Å². The highest BCUT2D eigenvalue weighted by Gasteiger charge is 2.31. The third-order valence-corrected chi connectivity index (χ3v) is 4.81. The molecule has 0 aliphatic carbocycles. The molecule has 2 aromatic carbocycles. The Morgan fingerprint density at radius 1 is 1.04 bits per heavy atom. The number of anilines is 1. The molecular formula is C21H23F3N2O2. The second-order valence-corrected chi connectivity index (χ2v) is 6.93. The molecule has 0 radical (unpaired) electrons. The first-order valence-corrected chi connectivity index (χ1v) is 9.18. The van der Waals surface area contributed by atoms with E-state index in [2.05, 4.69) is 0 Å². The molecule has 1 amide bonds. The standard InChI is InChI=1S/C21H23F3N2O2/c1-15-6-8-19(9-7-15)28-16(2)20(27)26-12-10-25(11-13-26)18-5-3-4-17(14-18)21(22,23)24/h3-9,14,16H,10-13H2,1-2H3. The van der Waals surface area contributed by atoms with Crippen LogP contribution in [-0.2, 0) is 11.0 Å². The summed E-state index contributed by atoms with van der Waals surface area (Å²) in [5.74, 6) is 0.512. The minimum atomic E-state index is -4.36. The molecular weight excluding hydrogens is 369 g/mol. The van der Waals surface area contributed by atoms with Gasteiger partial charge in [-0.15, -0.1) is 0 Å². The van der Waals surface area contributed by atoms with Crippen LogP contribution in [0, 0.1) is 6.92 Å². The SMILES string of the molecule is Cc1ccc(OC(C)C(=O)N2CCN(c3cccc(C(F)(F)F)c3)CC2)cc1. The van der Waals surface area contributed by atoms with Crippen LogP contribution in [0.25, 0.3) is 0 Å². The maximum Gasteiger partial charge on any atom is 0.416 e. The largest absolute Gasteiger partial charge is 0.481 e. The second kappa shape index (κ2) is 8.12. The van der Waals surface area contributed by atoms with Gasteiger partial charge in [-0.25, -0.2) is 0 Å². The van der Waals surface area contributed by atoms with E-state index >= 15 is 0 Å². The van der Waals surface area contributed by atoms with Crippen molar-refractivity contribution in [2.75, 3.05) is 31.1 Å². The monoisotopic (exact) mass is 392 g/mol. The molecule has 0 aromatic heterocycles. The van der Waals surface area contributed by atoms with Gasteiger partial charge in [0.2, 0.25) is 0 Å². The first-order valence-electron chi connectivity index (χ1n) is 9.18. The quantitative estimate of drug-likeness (QED) is 0.784. The first kappa shape index (κ1) is 20.0. The van der Waals surface area contributed by atoms with Crippen molar-refractivity contribution >= 4 is 11.6 Å². The lowest BCUT2D eigenvalue weighted by Gasteiger charge is -2.37. The molecule has 28 heavy (non-hydrogen) atoms. The maximum absolute atomic E-state index is 12.9. The highest BCUT2D eigenvalue weighted by Crippen LogP contribution is 2.31. The van der Waals surface area contributed by atoms with Crippen molar-refractivity contribution in [3.63, 3.8) is 0 Å². The minimum absolute atomic E-state index is 0.121. The number of hydrogen-bond acceptors (Lipinski definition) is 3. The van der Waals surface area contributed by atoms with Crippen LogP contribution in [0.4, 0.5) is 18.9 Å². The van der Waals surface area contributed by atoms with E-state index in [0.29, 0.717) is 37.6 Å². The highest BCUT2D eigenvalue weighted by atomic mass is 19.4. The van der Waals surface area contributed by atoms with E-state index in [1.54, 1.807) is 17.9 Å². The molecule has 1 heterocycles. The minimum Gasteiger partial charge on any atom is -0.481 e. The summed E-state index contributed by atoms with van der Waals surface area (Å²) in [7, 11) is 0. The van der Waals surface area contributed by atoms with E-state index in [4.69, 9.17) is 4.74 Å². The van der Waals surface area contributed by atoms with Crippen LogP contribution < -0.4 is 9.64 Å². The smallest absolute Gasteiger partial charge is 0.416 e. The molecule has 0 saturated carbocycles. The number of nitrogens with zero attached hydrogens (tertiary/aromatic N) is 2. The Bertz CT molecular complexity index is 813. The number of benzene rings is 2. The van der Waals surface area contributed by atoms with E-state index < -0.39 is 17.8 Å². The van der Waals surface area contributed by atoms with Gasteiger partial charge in [0, 0.05) is 31.9 Å². The Morgan fingerprint density at radius 3 is 2.29 bits per heavy atom. The third kappa shape index (κ3) is 4.77. The zero-order valence-corrected chi connectivity index (χ0v) is 15.9. The van der Waals surface area contributed by atoms with Crippen LogP contribution in [0.1, 0.15) is 18.1 Å². The zero-order valence-electron chi connectivity index (χ0n) is 15.9. The third-order valence-electron chi connectivity index (χ3n) is 4.81. The average Bonchev–Trinajstić information content (AvgIpc) is 2.69. The van der Waals surface area contributed by atoms with Gasteiger partial charge in [0.15, 0.2) is 6.10 Å². The summed E-state index contributed by atoms with van der Waals surface area (Å²) in [6.45, 7) is 5.52. The van der Waals surface area contributed by atoms with Gasteiger partial charge < -0.3 is 14.5 Å². The van der Waals surface area contributed by atoms with Crippen LogP contribution in [0.5, 0.6) is 5.75 Å². The molecule has 7 heteroatoms. The van der Waals surface area contributed by atoms with Crippen molar-refractivity contribution in [1.82, 2.24) is 4.90 Å². The lowest BCUT2D eigenvalue weighted by Crippen LogP contribution is -2.52. The Morgan fingerprint density at radius 2 is 1.68 bits per heavy atom. The van der Waals surface area contributed by atoms with Crippen molar-refractivity contribution in [3.8, 4) is 5.75 Å². The molecule has 3 rings (SSSR count). The van der Waals surface area contributed by atoms with Gasteiger partial charge in [0.05, 0.1) is 5.56 Å². The van der Waals surface area contributed by atoms with Crippen LogP contribution in [0.15, 0.2) is 48.5 Å². The summed E-state index contributed by atoms with van der Waals surface area (Å²) in [6.07, 6.45) is -4.99. The summed E-state index contributed by atoms with van der Waals surface area (Å²) in [6, 6.07) is 12.8. The van der Waals surface area contributed by atoms with Crippen LogP contribution >= 0.6 is 0 Å². The number of carbonyl (C=O) groups excluding carboxylic acids is 1. The Hall–Kier alpha value is -2.70. The molecule has 150 valence electrons. The molecule has 2 aromatic rings. The molecule has 1 atom stereocenters. The number of halogens is 3. The van der Waals surface area contributed by atoms with Crippen LogP contribution in [0.3, 0.4) is 0 Å². The molecule has 4 nitrogen and oxygen atoms in total. The molecule has 1 aliphatic rings. The summed E-state index contributed by atoms with van der Waals surface area (Å²) in [5.41, 5.74) is 0.964. The van der Waals surface area contributed by atoms with E-state index in [0.717, 1.165) is 17.7 Å². The summed E-state index contributed by atoms with van der Waals surface area (Å²) in [4.78, 5) is 16.2. The molecule has 0 spiro atoms. The molecule has 1 saturated heterocycles. The topological polar surface area (TPSA) is 32.8 Å². The Balaban J connectivity index is 1.57. The van der Waals surface area contributed by atoms with Gasteiger partial charge >= 0.3 is 6.18 Å². The van der Waals surface area contributed by atoms with Crippen molar-refractivity contribution < 1.29 is 22.7 Å².